The highest BCUT2D eigenvalue weighted by molar-refractivity contribution is 5.96. The van der Waals surface area contributed by atoms with Gasteiger partial charge in [0, 0.05) is 5.92 Å². The third-order valence-electron chi connectivity index (χ3n) is 5.78. The topological polar surface area (TPSA) is 60.0 Å². The largest absolute Gasteiger partial charge is 0.492 e. The highest BCUT2D eigenvalue weighted by atomic mass is 16.7. The summed E-state index contributed by atoms with van der Waals surface area (Å²) in [6, 6.07) is 17.2. The first-order chi connectivity index (χ1) is 14.8. The van der Waals surface area contributed by atoms with Gasteiger partial charge in [-0.2, -0.15) is 0 Å². The summed E-state index contributed by atoms with van der Waals surface area (Å²) < 4.78 is 17.1. The van der Waals surface area contributed by atoms with Gasteiger partial charge >= 0.3 is 0 Å². The van der Waals surface area contributed by atoms with Crippen molar-refractivity contribution >= 4 is 11.6 Å². The first kappa shape index (κ1) is 20.8. The van der Waals surface area contributed by atoms with Crippen LogP contribution in [0.4, 0.5) is 5.69 Å². The Labute approximate surface area is 178 Å². The van der Waals surface area contributed by atoms with E-state index in [0.29, 0.717) is 37.2 Å². The van der Waals surface area contributed by atoms with Gasteiger partial charge in [0.05, 0.1) is 25.5 Å². The Kier molecular flexibility index (Phi) is 7.00. The maximum atomic E-state index is 13.4. The number of amides is 1. The van der Waals surface area contributed by atoms with E-state index >= 15 is 0 Å². The molecule has 160 valence electrons. The van der Waals surface area contributed by atoms with E-state index in [1.54, 1.807) is 0 Å². The number of nitrogens with one attached hydrogen (secondary N) is 1. The molecule has 30 heavy (non-hydrogen) atoms. The lowest BCUT2D eigenvalue weighted by Crippen LogP contribution is -2.44. The number of carbonyl (C=O) groups excluding carboxylic acids is 1. The van der Waals surface area contributed by atoms with Gasteiger partial charge in [0.25, 0.3) is 0 Å². The predicted octanol–water partition coefficient (Wildman–Crippen LogP) is 3.85. The monoisotopic (exact) mass is 410 g/mol. The molecule has 0 saturated carbocycles. The molecule has 1 N–H and O–H groups in total. The number of hydrogen-bond donors (Lipinski definition) is 1. The zero-order chi connectivity index (χ0) is 20.8. The van der Waals surface area contributed by atoms with Crippen molar-refractivity contribution in [3.63, 3.8) is 0 Å². The van der Waals surface area contributed by atoms with Gasteiger partial charge in [-0.15, -0.1) is 0 Å². The van der Waals surface area contributed by atoms with E-state index in [4.69, 9.17) is 14.2 Å². The van der Waals surface area contributed by atoms with Crippen molar-refractivity contribution in [3.05, 3.63) is 60.2 Å². The summed E-state index contributed by atoms with van der Waals surface area (Å²) >= 11 is 0. The Morgan fingerprint density at radius 2 is 1.73 bits per heavy atom. The third-order valence-corrected chi connectivity index (χ3v) is 5.78. The summed E-state index contributed by atoms with van der Waals surface area (Å²) in [5, 5.41) is 3.10. The van der Waals surface area contributed by atoms with Crippen LogP contribution < -0.4 is 10.1 Å². The lowest BCUT2D eigenvalue weighted by atomic mass is 9.93. The number of likely N-dealkylation sites (tertiary alicyclic amines) is 1. The van der Waals surface area contributed by atoms with Gasteiger partial charge in [0.2, 0.25) is 5.91 Å². The highest BCUT2D eigenvalue weighted by Crippen LogP contribution is 2.32. The minimum Gasteiger partial charge on any atom is -0.492 e. The molecule has 1 atom stereocenters. The first-order valence-corrected chi connectivity index (χ1v) is 10.8. The molecule has 2 heterocycles. The molecule has 2 aromatic rings. The van der Waals surface area contributed by atoms with Gasteiger partial charge in [-0.25, -0.2) is 0 Å². The van der Waals surface area contributed by atoms with Crippen molar-refractivity contribution in [1.29, 1.82) is 0 Å². The van der Waals surface area contributed by atoms with Crippen molar-refractivity contribution in [2.45, 2.75) is 32.1 Å². The Morgan fingerprint density at radius 1 is 1.07 bits per heavy atom. The fourth-order valence-corrected chi connectivity index (χ4v) is 4.31. The lowest BCUT2D eigenvalue weighted by Gasteiger charge is -2.38. The molecule has 2 saturated heterocycles. The Bertz CT molecular complexity index is 815. The van der Waals surface area contributed by atoms with E-state index in [1.807, 2.05) is 61.5 Å². The molecular formula is C24H30N2O4. The molecule has 0 bridgehead atoms. The smallest absolute Gasteiger partial charge is 0.246 e. The van der Waals surface area contributed by atoms with Crippen LogP contribution in [0, 0.1) is 5.92 Å². The number of rotatable bonds is 7. The average molecular weight is 411 g/mol. The number of para-hydroxylation sites is 2. The number of carbonyl (C=O) groups is 1. The van der Waals surface area contributed by atoms with Gasteiger partial charge in [-0.1, -0.05) is 42.5 Å². The number of piperidine rings is 1. The van der Waals surface area contributed by atoms with E-state index in [9.17, 15) is 4.79 Å². The molecule has 2 aliphatic rings. The fraction of sp³-hybridized carbons (Fsp3) is 0.458. The molecule has 2 aromatic carbocycles. The van der Waals surface area contributed by atoms with Gasteiger partial charge in [0.15, 0.2) is 6.29 Å². The molecule has 0 spiro atoms. The highest BCUT2D eigenvalue weighted by Gasteiger charge is 2.35. The number of ether oxygens (including phenoxy) is 3. The second kappa shape index (κ2) is 10.1. The number of benzene rings is 2. The van der Waals surface area contributed by atoms with Crippen LogP contribution in [0.5, 0.6) is 5.75 Å². The van der Waals surface area contributed by atoms with Crippen molar-refractivity contribution in [2.75, 3.05) is 38.2 Å². The minimum atomic E-state index is -0.354. The Hall–Kier alpha value is -2.41. The van der Waals surface area contributed by atoms with Crippen LogP contribution in [-0.4, -0.2) is 50.0 Å². The van der Waals surface area contributed by atoms with Crippen LogP contribution in [0.25, 0.3) is 0 Å². The minimum absolute atomic E-state index is 0.0415. The standard InChI is InChI=1S/C24H30N2O4/c1-2-28-21-11-7-6-10-20(21)25-23(27)22(18-8-4-3-5-9-18)26-14-12-19(13-15-26)24-29-16-17-30-24/h3-11,19,22,24H,2,12-17H2,1H3,(H,25,27). The molecule has 1 amide bonds. The quantitative estimate of drug-likeness (QED) is 0.751. The lowest BCUT2D eigenvalue weighted by molar-refractivity contribution is -0.124. The van der Waals surface area contributed by atoms with Gasteiger partial charge in [-0.05, 0) is 50.6 Å². The van der Waals surface area contributed by atoms with E-state index in [-0.39, 0.29) is 18.2 Å². The van der Waals surface area contributed by atoms with Crippen LogP contribution in [0.15, 0.2) is 54.6 Å². The summed E-state index contributed by atoms with van der Waals surface area (Å²) in [6.45, 7) is 5.50. The SMILES string of the molecule is CCOc1ccccc1NC(=O)C(c1ccccc1)N1CCC(C2OCCO2)CC1. The van der Waals surface area contributed by atoms with Crippen LogP contribution in [0.3, 0.4) is 0 Å². The summed E-state index contributed by atoms with van der Waals surface area (Å²) in [5.74, 6) is 1.04. The summed E-state index contributed by atoms with van der Waals surface area (Å²) in [6.07, 6.45) is 1.82. The van der Waals surface area contributed by atoms with Crippen molar-refractivity contribution < 1.29 is 19.0 Å². The average Bonchev–Trinajstić information content (AvgIpc) is 3.32. The van der Waals surface area contributed by atoms with Crippen molar-refractivity contribution in [3.8, 4) is 5.75 Å². The predicted molar refractivity (Wildman–Crippen MR) is 115 cm³/mol. The second-order valence-corrected chi connectivity index (χ2v) is 7.72. The molecule has 0 aromatic heterocycles. The van der Waals surface area contributed by atoms with Crippen LogP contribution in [-0.2, 0) is 14.3 Å². The molecular weight excluding hydrogens is 380 g/mol. The second-order valence-electron chi connectivity index (χ2n) is 7.72. The van der Waals surface area contributed by atoms with Gasteiger partial charge in [-0.3, -0.25) is 9.69 Å². The molecule has 0 radical (unpaired) electrons. The normalized spacial score (nSPS) is 19.5. The molecule has 0 aliphatic carbocycles. The van der Waals surface area contributed by atoms with Gasteiger partial charge in [0.1, 0.15) is 11.8 Å². The molecule has 2 fully saturated rings. The van der Waals surface area contributed by atoms with Crippen LogP contribution >= 0.6 is 0 Å². The molecule has 1 unspecified atom stereocenters. The van der Waals surface area contributed by atoms with E-state index in [2.05, 4.69) is 10.2 Å². The van der Waals surface area contributed by atoms with Crippen molar-refractivity contribution in [1.82, 2.24) is 4.90 Å². The fourth-order valence-electron chi connectivity index (χ4n) is 4.31. The van der Waals surface area contributed by atoms with Gasteiger partial charge < -0.3 is 19.5 Å². The summed E-state index contributed by atoms with van der Waals surface area (Å²) in [7, 11) is 0. The number of anilines is 1. The molecule has 6 nitrogen and oxygen atoms in total. The van der Waals surface area contributed by atoms with Crippen LogP contribution in [0.2, 0.25) is 0 Å². The van der Waals surface area contributed by atoms with E-state index in [0.717, 1.165) is 31.5 Å². The van der Waals surface area contributed by atoms with Crippen LogP contribution in [0.1, 0.15) is 31.4 Å². The van der Waals surface area contributed by atoms with Crippen molar-refractivity contribution in [2.24, 2.45) is 5.92 Å². The van der Waals surface area contributed by atoms with E-state index in [1.165, 1.54) is 0 Å². The zero-order valence-corrected chi connectivity index (χ0v) is 17.5. The number of nitrogens with zero attached hydrogens (tertiary/aromatic N) is 1. The van der Waals surface area contributed by atoms with E-state index < -0.39 is 0 Å². The third kappa shape index (κ3) is 4.83. The summed E-state index contributed by atoms with van der Waals surface area (Å²) in [4.78, 5) is 15.7. The summed E-state index contributed by atoms with van der Waals surface area (Å²) in [5.41, 5.74) is 1.70. The first-order valence-electron chi connectivity index (χ1n) is 10.8. The maximum Gasteiger partial charge on any atom is 0.246 e. The zero-order valence-electron chi connectivity index (χ0n) is 17.5. The molecule has 4 rings (SSSR count). The Balaban J connectivity index is 1.50. The molecule has 6 heteroatoms. The number of hydrogen-bond acceptors (Lipinski definition) is 5. The maximum absolute atomic E-state index is 13.4. The molecule has 2 aliphatic heterocycles. The Morgan fingerprint density at radius 3 is 2.43 bits per heavy atom.